The first kappa shape index (κ1) is 10.6. The van der Waals surface area contributed by atoms with Crippen LogP contribution in [0.2, 0.25) is 0 Å². The topological polar surface area (TPSA) is 64.1 Å². The fourth-order valence-corrected chi connectivity index (χ4v) is 2.51. The van der Waals surface area contributed by atoms with Crippen LogP contribution in [0, 0.1) is 5.92 Å². The van der Waals surface area contributed by atoms with E-state index in [-0.39, 0.29) is 5.92 Å². The predicted octanol–water partition coefficient (Wildman–Crippen LogP) is 0.539. The van der Waals surface area contributed by atoms with Crippen LogP contribution in [-0.2, 0) is 19.1 Å². The van der Waals surface area contributed by atoms with E-state index in [1.165, 1.54) is 5.56 Å². The molecule has 0 aromatic carbocycles. The molecule has 0 spiro atoms. The second-order valence-corrected chi connectivity index (χ2v) is 4.58. The molecule has 0 fully saturated rings. The molecule has 2 rings (SSSR count). The summed E-state index contributed by atoms with van der Waals surface area (Å²) in [7, 11) is 1.89. The molecular formula is C11H19N3O. The molecule has 2 unspecified atom stereocenters. The SMILES string of the molecule is CC1CCc2cn(C)nc2C1(O)CCN. The minimum Gasteiger partial charge on any atom is -0.383 e. The van der Waals surface area contributed by atoms with Gasteiger partial charge >= 0.3 is 0 Å². The van der Waals surface area contributed by atoms with E-state index in [9.17, 15) is 5.11 Å². The molecule has 0 bridgehead atoms. The van der Waals surface area contributed by atoms with Crippen molar-refractivity contribution in [2.75, 3.05) is 6.54 Å². The highest BCUT2D eigenvalue weighted by atomic mass is 16.3. The van der Waals surface area contributed by atoms with E-state index in [2.05, 4.69) is 12.0 Å². The van der Waals surface area contributed by atoms with Crippen molar-refractivity contribution < 1.29 is 5.11 Å². The van der Waals surface area contributed by atoms with Gasteiger partial charge in [0, 0.05) is 13.2 Å². The van der Waals surface area contributed by atoms with Crippen molar-refractivity contribution in [3.05, 3.63) is 17.5 Å². The minimum absolute atomic E-state index is 0.239. The number of fused-ring (bicyclic) bond motifs is 1. The molecule has 0 saturated heterocycles. The molecule has 0 amide bonds. The van der Waals surface area contributed by atoms with Crippen LogP contribution in [0.15, 0.2) is 6.20 Å². The van der Waals surface area contributed by atoms with Gasteiger partial charge in [0.05, 0.1) is 5.69 Å². The summed E-state index contributed by atoms with van der Waals surface area (Å²) in [5, 5.41) is 15.0. The van der Waals surface area contributed by atoms with Gasteiger partial charge in [0.2, 0.25) is 0 Å². The Bertz CT molecular complexity index is 361. The average Bonchev–Trinajstić information content (AvgIpc) is 2.55. The summed E-state index contributed by atoms with van der Waals surface area (Å²) < 4.78 is 1.78. The summed E-state index contributed by atoms with van der Waals surface area (Å²) in [6.07, 6.45) is 4.62. The zero-order chi connectivity index (χ0) is 11.1. The van der Waals surface area contributed by atoms with Crippen LogP contribution in [-0.4, -0.2) is 21.4 Å². The lowest BCUT2D eigenvalue weighted by molar-refractivity contribution is -0.0374. The number of rotatable bonds is 2. The Hall–Kier alpha value is -0.870. The van der Waals surface area contributed by atoms with Crippen LogP contribution in [0.5, 0.6) is 0 Å². The number of aromatic nitrogens is 2. The third-order valence-electron chi connectivity index (χ3n) is 3.50. The Balaban J connectivity index is 2.44. The Morgan fingerprint density at radius 2 is 2.47 bits per heavy atom. The summed E-state index contributed by atoms with van der Waals surface area (Å²) in [5.74, 6) is 0.239. The van der Waals surface area contributed by atoms with Gasteiger partial charge in [0.25, 0.3) is 0 Å². The second-order valence-electron chi connectivity index (χ2n) is 4.58. The van der Waals surface area contributed by atoms with Gasteiger partial charge in [-0.05, 0) is 37.3 Å². The molecule has 84 valence electrons. The van der Waals surface area contributed by atoms with Crippen LogP contribution in [0.4, 0.5) is 0 Å². The molecule has 3 N–H and O–H groups in total. The second kappa shape index (κ2) is 3.61. The van der Waals surface area contributed by atoms with Gasteiger partial charge in [-0.2, -0.15) is 5.10 Å². The molecule has 1 aromatic heterocycles. The lowest BCUT2D eigenvalue weighted by Gasteiger charge is -2.36. The van der Waals surface area contributed by atoms with Crippen molar-refractivity contribution in [3.63, 3.8) is 0 Å². The van der Waals surface area contributed by atoms with E-state index >= 15 is 0 Å². The fourth-order valence-electron chi connectivity index (χ4n) is 2.51. The predicted molar refractivity (Wildman–Crippen MR) is 58.3 cm³/mol. The Morgan fingerprint density at radius 1 is 1.73 bits per heavy atom. The molecule has 1 aliphatic rings. The van der Waals surface area contributed by atoms with Gasteiger partial charge in [-0.25, -0.2) is 0 Å². The van der Waals surface area contributed by atoms with Gasteiger partial charge < -0.3 is 10.8 Å². The first-order chi connectivity index (χ1) is 7.08. The van der Waals surface area contributed by atoms with E-state index in [4.69, 9.17) is 5.73 Å². The lowest BCUT2D eigenvalue weighted by Crippen LogP contribution is -2.40. The maximum absolute atomic E-state index is 10.6. The summed E-state index contributed by atoms with van der Waals surface area (Å²) in [4.78, 5) is 0. The number of hydrogen-bond donors (Lipinski definition) is 2. The molecular weight excluding hydrogens is 190 g/mol. The van der Waals surface area contributed by atoms with Gasteiger partial charge in [-0.15, -0.1) is 0 Å². The standard InChI is InChI=1S/C11H19N3O/c1-8-3-4-9-7-14(2)13-10(9)11(8,15)5-6-12/h7-8,15H,3-6,12H2,1-2H3. The van der Waals surface area contributed by atoms with E-state index in [1.807, 2.05) is 13.2 Å². The largest absolute Gasteiger partial charge is 0.383 e. The number of hydrogen-bond acceptors (Lipinski definition) is 3. The monoisotopic (exact) mass is 209 g/mol. The number of nitrogens with zero attached hydrogens (tertiary/aromatic N) is 2. The van der Waals surface area contributed by atoms with Crippen LogP contribution in [0.1, 0.15) is 31.0 Å². The van der Waals surface area contributed by atoms with Crippen molar-refractivity contribution in [2.24, 2.45) is 18.7 Å². The maximum Gasteiger partial charge on any atom is 0.112 e. The van der Waals surface area contributed by atoms with Crippen molar-refractivity contribution >= 4 is 0 Å². The molecule has 1 heterocycles. The highest BCUT2D eigenvalue weighted by Gasteiger charge is 2.41. The van der Waals surface area contributed by atoms with Crippen LogP contribution in [0.25, 0.3) is 0 Å². The van der Waals surface area contributed by atoms with E-state index in [0.717, 1.165) is 18.5 Å². The minimum atomic E-state index is -0.816. The zero-order valence-corrected chi connectivity index (χ0v) is 9.40. The highest BCUT2D eigenvalue weighted by Crippen LogP contribution is 2.40. The Labute approximate surface area is 90.1 Å². The molecule has 15 heavy (non-hydrogen) atoms. The molecule has 4 nitrogen and oxygen atoms in total. The number of nitrogens with two attached hydrogens (primary N) is 1. The smallest absolute Gasteiger partial charge is 0.112 e. The fraction of sp³-hybridized carbons (Fsp3) is 0.727. The van der Waals surface area contributed by atoms with Crippen LogP contribution < -0.4 is 5.73 Å². The molecule has 1 aromatic rings. The molecule has 0 saturated carbocycles. The molecule has 0 aliphatic heterocycles. The average molecular weight is 209 g/mol. The summed E-state index contributed by atoms with van der Waals surface area (Å²) in [5.41, 5.74) is 6.77. The third kappa shape index (κ3) is 1.58. The van der Waals surface area contributed by atoms with E-state index < -0.39 is 5.60 Å². The maximum atomic E-state index is 10.6. The lowest BCUT2D eigenvalue weighted by atomic mass is 9.74. The molecule has 2 atom stereocenters. The molecule has 4 heteroatoms. The summed E-state index contributed by atoms with van der Waals surface area (Å²) in [6, 6.07) is 0. The molecule has 1 aliphatic carbocycles. The summed E-state index contributed by atoms with van der Waals surface area (Å²) in [6.45, 7) is 2.57. The first-order valence-electron chi connectivity index (χ1n) is 5.53. The number of aliphatic hydroxyl groups is 1. The van der Waals surface area contributed by atoms with Gasteiger partial charge in [-0.1, -0.05) is 6.92 Å². The van der Waals surface area contributed by atoms with Crippen molar-refractivity contribution in [3.8, 4) is 0 Å². The Morgan fingerprint density at radius 3 is 3.13 bits per heavy atom. The van der Waals surface area contributed by atoms with Crippen molar-refractivity contribution in [1.29, 1.82) is 0 Å². The molecule has 0 radical (unpaired) electrons. The van der Waals surface area contributed by atoms with E-state index in [1.54, 1.807) is 4.68 Å². The quantitative estimate of drug-likeness (QED) is 0.747. The Kier molecular flexibility index (Phi) is 2.56. The first-order valence-corrected chi connectivity index (χ1v) is 5.53. The van der Waals surface area contributed by atoms with Crippen molar-refractivity contribution in [1.82, 2.24) is 9.78 Å². The van der Waals surface area contributed by atoms with E-state index in [0.29, 0.717) is 13.0 Å². The number of aryl methyl sites for hydroxylation is 2. The van der Waals surface area contributed by atoms with Crippen molar-refractivity contribution in [2.45, 2.75) is 31.8 Å². The van der Waals surface area contributed by atoms with Crippen LogP contribution in [0.3, 0.4) is 0 Å². The van der Waals surface area contributed by atoms with Crippen LogP contribution >= 0.6 is 0 Å². The zero-order valence-electron chi connectivity index (χ0n) is 9.40. The summed E-state index contributed by atoms with van der Waals surface area (Å²) >= 11 is 0. The third-order valence-corrected chi connectivity index (χ3v) is 3.50. The highest BCUT2D eigenvalue weighted by molar-refractivity contribution is 5.27. The normalized spacial score (nSPS) is 30.3. The van der Waals surface area contributed by atoms with Gasteiger partial charge in [-0.3, -0.25) is 4.68 Å². The van der Waals surface area contributed by atoms with Gasteiger partial charge in [0.1, 0.15) is 5.60 Å². The van der Waals surface area contributed by atoms with Gasteiger partial charge in [0.15, 0.2) is 0 Å².